The topological polar surface area (TPSA) is 78.5 Å². The van der Waals surface area contributed by atoms with Crippen LogP contribution in [0.15, 0.2) is 6.07 Å². The molecule has 66 valence electrons. The van der Waals surface area contributed by atoms with Gasteiger partial charge >= 0.3 is 6.18 Å². The minimum absolute atomic E-state index is 0.206. The lowest BCUT2D eigenvalue weighted by atomic mass is 10.3. The maximum absolute atomic E-state index is 11.9. The average molecular weight is 178 g/mol. The Morgan fingerprint density at radius 1 is 1.58 bits per heavy atom. The second-order valence-electron chi connectivity index (χ2n) is 2.08. The predicted octanol–water partition coefficient (Wildman–Crippen LogP) is 0.713. The van der Waals surface area contributed by atoms with E-state index in [0.29, 0.717) is 6.07 Å². The number of aromatic amines is 1. The SMILES string of the molecule is N=C(N)c1cc(C(F)(F)F)[nH]n1. The molecule has 0 fully saturated rings. The van der Waals surface area contributed by atoms with Gasteiger partial charge in [0.05, 0.1) is 0 Å². The van der Waals surface area contributed by atoms with Gasteiger partial charge in [0.1, 0.15) is 17.2 Å². The molecule has 1 heterocycles. The van der Waals surface area contributed by atoms with E-state index in [2.05, 4.69) is 5.10 Å². The minimum Gasteiger partial charge on any atom is -0.382 e. The first-order valence-corrected chi connectivity index (χ1v) is 2.88. The highest BCUT2D eigenvalue weighted by Gasteiger charge is 2.33. The van der Waals surface area contributed by atoms with Crippen LogP contribution in [0.1, 0.15) is 11.4 Å². The number of hydrogen-bond donors (Lipinski definition) is 3. The monoisotopic (exact) mass is 178 g/mol. The fraction of sp³-hybridized carbons (Fsp3) is 0.200. The molecular weight excluding hydrogens is 173 g/mol. The Morgan fingerprint density at radius 2 is 2.17 bits per heavy atom. The first-order chi connectivity index (χ1) is 5.41. The smallest absolute Gasteiger partial charge is 0.382 e. The van der Waals surface area contributed by atoms with E-state index in [4.69, 9.17) is 11.1 Å². The van der Waals surface area contributed by atoms with Crippen molar-refractivity contribution in [1.82, 2.24) is 10.2 Å². The van der Waals surface area contributed by atoms with Crippen LogP contribution >= 0.6 is 0 Å². The number of nitrogens with one attached hydrogen (secondary N) is 2. The van der Waals surface area contributed by atoms with Crippen LogP contribution in [0.2, 0.25) is 0 Å². The number of H-pyrrole nitrogens is 1. The number of nitrogens with two attached hydrogens (primary N) is 1. The Kier molecular flexibility index (Phi) is 1.79. The standard InChI is InChI=1S/C5H5F3N4/c6-5(7,8)3-1-2(4(9)10)11-12-3/h1H,(H3,9,10)(H,11,12). The van der Waals surface area contributed by atoms with Crippen LogP contribution in [0.3, 0.4) is 0 Å². The summed E-state index contributed by atoms with van der Waals surface area (Å²) in [6, 6.07) is 0.683. The maximum Gasteiger partial charge on any atom is 0.432 e. The first kappa shape index (κ1) is 8.57. The van der Waals surface area contributed by atoms with Crippen LogP contribution < -0.4 is 5.73 Å². The second-order valence-corrected chi connectivity index (χ2v) is 2.08. The number of rotatable bonds is 1. The third-order valence-electron chi connectivity index (χ3n) is 1.16. The summed E-state index contributed by atoms with van der Waals surface area (Å²) in [7, 11) is 0. The summed E-state index contributed by atoms with van der Waals surface area (Å²) < 4.78 is 35.6. The van der Waals surface area contributed by atoms with Crippen LogP contribution in [0, 0.1) is 5.41 Å². The third-order valence-corrected chi connectivity index (χ3v) is 1.16. The molecule has 0 aliphatic carbocycles. The van der Waals surface area contributed by atoms with E-state index < -0.39 is 17.7 Å². The summed E-state index contributed by atoms with van der Waals surface area (Å²) in [5.74, 6) is -0.498. The van der Waals surface area contributed by atoms with Crippen molar-refractivity contribution >= 4 is 5.84 Å². The van der Waals surface area contributed by atoms with Crippen molar-refractivity contribution in [2.24, 2.45) is 5.73 Å². The molecule has 12 heavy (non-hydrogen) atoms. The molecule has 0 saturated carbocycles. The van der Waals surface area contributed by atoms with Gasteiger partial charge in [-0.1, -0.05) is 0 Å². The number of alkyl halides is 3. The Hall–Kier alpha value is -1.53. The van der Waals surface area contributed by atoms with Gasteiger partial charge in [0.15, 0.2) is 0 Å². The molecule has 0 radical (unpaired) electrons. The molecule has 4 nitrogen and oxygen atoms in total. The molecule has 1 aromatic heterocycles. The lowest BCUT2D eigenvalue weighted by Crippen LogP contribution is -2.11. The van der Waals surface area contributed by atoms with Crippen molar-refractivity contribution in [3.05, 3.63) is 17.5 Å². The lowest BCUT2D eigenvalue weighted by Gasteiger charge is -1.99. The summed E-state index contributed by atoms with van der Waals surface area (Å²) in [5.41, 5.74) is 3.69. The highest BCUT2D eigenvalue weighted by Crippen LogP contribution is 2.27. The van der Waals surface area contributed by atoms with E-state index in [1.54, 1.807) is 5.10 Å². The van der Waals surface area contributed by atoms with Gasteiger partial charge < -0.3 is 5.73 Å². The third kappa shape index (κ3) is 1.55. The van der Waals surface area contributed by atoms with Gasteiger partial charge in [-0.15, -0.1) is 0 Å². The van der Waals surface area contributed by atoms with Crippen LogP contribution in [0.4, 0.5) is 13.2 Å². The molecule has 0 saturated heterocycles. The van der Waals surface area contributed by atoms with Crippen LogP contribution in [0.5, 0.6) is 0 Å². The van der Waals surface area contributed by atoms with Crippen LogP contribution in [-0.4, -0.2) is 16.0 Å². The number of amidine groups is 1. The average Bonchev–Trinajstić information content (AvgIpc) is 2.30. The Morgan fingerprint density at radius 3 is 2.42 bits per heavy atom. The summed E-state index contributed by atoms with van der Waals surface area (Å²) in [6.45, 7) is 0. The second kappa shape index (κ2) is 2.50. The number of nitrogens with zero attached hydrogens (tertiary/aromatic N) is 1. The minimum atomic E-state index is -4.47. The molecule has 4 N–H and O–H groups in total. The van der Waals surface area contributed by atoms with E-state index in [-0.39, 0.29) is 5.69 Å². The van der Waals surface area contributed by atoms with Crippen molar-refractivity contribution in [2.75, 3.05) is 0 Å². The van der Waals surface area contributed by atoms with Crippen molar-refractivity contribution in [1.29, 1.82) is 5.41 Å². The van der Waals surface area contributed by atoms with Gasteiger partial charge in [0, 0.05) is 0 Å². The maximum atomic E-state index is 11.9. The largest absolute Gasteiger partial charge is 0.432 e. The molecule has 0 bridgehead atoms. The molecule has 0 aliphatic rings. The van der Waals surface area contributed by atoms with Crippen LogP contribution in [0.25, 0.3) is 0 Å². The molecule has 0 aromatic carbocycles. The van der Waals surface area contributed by atoms with Crippen molar-refractivity contribution in [2.45, 2.75) is 6.18 Å². The van der Waals surface area contributed by atoms with Crippen LogP contribution in [-0.2, 0) is 6.18 Å². The highest BCUT2D eigenvalue weighted by atomic mass is 19.4. The summed E-state index contributed by atoms with van der Waals surface area (Å²) in [6.07, 6.45) is -4.47. The van der Waals surface area contributed by atoms with E-state index >= 15 is 0 Å². The molecular formula is C5H5F3N4. The zero-order valence-electron chi connectivity index (χ0n) is 5.74. The number of halogens is 3. The van der Waals surface area contributed by atoms with Gasteiger partial charge in [-0.3, -0.25) is 10.5 Å². The van der Waals surface area contributed by atoms with Crippen molar-refractivity contribution < 1.29 is 13.2 Å². The molecule has 7 heteroatoms. The van der Waals surface area contributed by atoms with Gasteiger partial charge in [-0.05, 0) is 6.07 Å². The normalized spacial score (nSPS) is 11.6. The van der Waals surface area contributed by atoms with E-state index in [1.165, 1.54) is 0 Å². The zero-order chi connectivity index (χ0) is 9.35. The fourth-order valence-electron chi connectivity index (χ4n) is 0.605. The van der Waals surface area contributed by atoms with Gasteiger partial charge in [-0.25, -0.2) is 0 Å². The Balaban J connectivity index is 3.00. The van der Waals surface area contributed by atoms with Crippen molar-refractivity contribution in [3.8, 4) is 0 Å². The summed E-state index contributed by atoms with van der Waals surface area (Å²) in [4.78, 5) is 0. The number of aromatic nitrogens is 2. The van der Waals surface area contributed by atoms with E-state index in [1.807, 2.05) is 0 Å². The van der Waals surface area contributed by atoms with E-state index in [0.717, 1.165) is 0 Å². The zero-order valence-corrected chi connectivity index (χ0v) is 5.74. The molecule has 0 aliphatic heterocycles. The predicted molar refractivity (Wildman–Crippen MR) is 34.6 cm³/mol. The lowest BCUT2D eigenvalue weighted by molar-refractivity contribution is -0.141. The quantitative estimate of drug-likeness (QED) is 0.437. The molecule has 1 rings (SSSR count). The summed E-state index contributed by atoms with van der Waals surface area (Å²) >= 11 is 0. The number of hydrogen-bond acceptors (Lipinski definition) is 2. The highest BCUT2D eigenvalue weighted by molar-refractivity contribution is 5.93. The summed E-state index contributed by atoms with van der Waals surface area (Å²) in [5, 5.41) is 11.7. The van der Waals surface area contributed by atoms with E-state index in [9.17, 15) is 13.2 Å². The van der Waals surface area contributed by atoms with Crippen molar-refractivity contribution in [3.63, 3.8) is 0 Å². The first-order valence-electron chi connectivity index (χ1n) is 2.88. The molecule has 0 unspecified atom stereocenters. The molecule has 0 atom stereocenters. The van der Waals surface area contributed by atoms with Gasteiger partial charge in [0.2, 0.25) is 0 Å². The molecule has 0 spiro atoms. The fourth-order valence-corrected chi connectivity index (χ4v) is 0.605. The Labute approximate surface area is 65.1 Å². The molecule has 0 amide bonds. The molecule has 1 aromatic rings. The van der Waals surface area contributed by atoms with Gasteiger partial charge in [0.25, 0.3) is 0 Å². The number of nitrogen functional groups attached to an aromatic ring is 1. The Bertz CT molecular complexity index is 300. The van der Waals surface area contributed by atoms with Gasteiger partial charge in [-0.2, -0.15) is 18.3 Å².